The number of piperidine rings is 1. The lowest BCUT2D eigenvalue weighted by Gasteiger charge is -2.44. The van der Waals surface area contributed by atoms with Crippen LogP contribution in [0.1, 0.15) is 53.6 Å². The van der Waals surface area contributed by atoms with Gasteiger partial charge < -0.3 is 14.8 Å². The van der Waals surface area contributed by atoms with Crippen LogP contribution in [0.4, 0.5) is 0 Å². The number of hydrogen-bond acceptors (Lipinski definition) is 6. The minimum atomic E-state index is -0.674. The highest BCUT2D eigenvalue weighted by Gasteiger charge is 2.42. The molecule has 2 aromatic carbocycles. The molecule has 3 aliphatic heterocycles. The minimum absolute atomic E-state index is 0.153. The van der Waals surface area contributed by atoms with Gasteiger partial charge in [0.2, 0.25) is 0 Å². The summed E-state index contributed by atoms with van der Waals surface area (Å²) in [6.45, 7) is 3.22. The van der Waals surface area contributed by atoms with Gasteiger partial charge in [0.1, 0.15) is 5.75 Å². The van der Waals surface area contributed by atoms with Gasteiger partial charge in [0.15, 0.2) is 12.0 Å². The third-order valence-corrected chi connectivity index (χ3v) is 6.66. The van der Waals surface area contributed by atoms with E-state index in [0.717, 1.165) is 57.3 Å². The van der Waals surface area contributed by atoms with Gasteiger partial charge in [0, 0.05) is 51.6 Å². The van der Waals surface area contributed by atoms with E-state index < -0.39 is 12.0 Å². The Morgan fingerprint density at radius 2 is 2.00 bits per heavy atom. The molecular weight excluding hydrogens is 446 g/mol. The SMILES string of the molecule is O=C(C=Cc1ccc2c(c1)C(=O)NC1(CCN(Cc3ccccc3)CC1)O2)NOC1CCCCO1. The number of fused-ring (bicyclic) bond motifs is 1. The minimum Gasteiger partial charge on any atom is -0.467 e. The molecule has 1 atom stereocenters. The van der Waals surface area contributed by atoms with Gasteiger partial charge in [-0.2, -0.15) is 0 Å². The van der Waals surface area contributed by atoms with Crippen molar-refractivity contribution in [3.05, 3.63) is 71.3 Å². The third kappa shape index (κ3) is 5.90. The van der Waals surface area contributed by atoms with E-state index in [1.165, 1.54) is 11.6 Å². The molecule has 8 nitrogen and oxygen atoms in total. The molecule has 0 aromatic heterocycles. The van der Waals surface area contributed by atoms with Gasteiger partial charge in [-0.05, 0) is 42.2 Å². The molecule has 0 aliphatic carbocycles. The van der Waals surface area contributed by atoms with Crippen LogP contribution < -0.4 is 15.5 Å². The molecule has 0 radical (unpaired) electrons. The van der Waals surface area contributed by atoms with Crippen LogP contribution in [0.25, 0.3) is 6.08 Å². The van der Waals surface area contributed by atoms with Crippen molar-refractivity contribution in [2.75, 3.05) is 19.7 Å². The van der Waals surface area contributed by atoms with Crippen molar-refractivity contribution >= 4 is 17.9 Å². The number of carbonyl (C=O) groups is 2. The fraction of sp³-hybridized carbons (Fsp3) is 0.407. The summed E-state index contributed by atoms with van der Waals surface area (Å²) < 4.78 is 11.7. The first-order chi connectivity index (χ1) is 17.1. The van der Waals surface area contributed by atoms with Crippen molar-refractivity contribution in [1.82, 2.24) is 15.7 Å². The molecule has 3 aliphatic rings. The summed E-state index contributed by atoms with van der Waals surface area (Å²) in [7, 11) is 0. The predicted molar refractivity (Wildman–Crippen MR) is 130 cm³/mol. The average molecular weight is 478 g/mol. The van der Waals surface area contributed by atoms with Crippen molar-refractivity contribution in [3.63, 3.8) is 0 Å². The first kappa shape index (κ1) is 23.5. The molecule has 1 spiro atoms. The number of benzene rings is 2. The Morgan fingerprint density at radius 3 is 2.77 bits per heavy atom. The number of nitrogens with zero attached hydrogens (tertiary/aromatic N) is 1. The molecule has 35 heavy (non-hydrogen) atoms. The first-order valence-corrected chi connectivity index (χ1v) is 12.3. The van der Waals surface area contributed by atoms with Crippen LogP contribution in [0.3, 0.4) is 0 Å². The lowest BCUT2D eigenvalue weighted by atomic mass is 9.96. The Hall–Kier alpha value is -3.20. The summed E-state index contributed by atoms with van der Waals surface area (Å²) in [5, 5.41) is 3.10. The lowest BCUT2D eigenvalue weighted by Crippen LogP contribution is -2.60. The maximum absolute atomic E-state index is 13.0. The summed E-state index contributed by atoms with van der Waals surface area (Å²) in [5.74, 6) is 0.0312. The second-order valence-electron chi connectivity index (χ2n) is 9.28. The summed E-state index contributed by atoms with van der Waals surface area (Å²) in [6, 6.07) is 15.8. The van der Waals surface area contributed by atoms with Crippen LogP contribution in [0, 0.1) is 0 Å². The van der Waals surface area contributed by atoms with E-state index >= 15 is 0 Å². The highest BCUT2D eigenvalue weighted by molar-refractivity contribution is 5.99. The standard InChI is InChI=1S/C27H31N3O5/c31-24(29-35-25-8-4-5-17-33-25)12-10-20-9-11-23-22(18-20)26(32)28-27(34-23)13-15-30(16-14-27)19-21-6-2-1-3-7-21/h1-3,6-7,9-12,18,25H,4-5,8,13-17,19H2,(H,28,32)(H,29,31). The molecule has 2 saturated heterocycles. The highest BCUT2D eigenvalue weighted by Crippen LogP contribution is 2.34. The topological polar surface area (TPSA) is 89.1 Å². The molecule has 5 rings (SSSR count). The fourth-order valence-electron chi connectivity index (χ4n) is 4.70. The zero-order valence-corrected chi connectivity index (χ0v) is 19.7. The van der Waals surface area contributed by atoms with Gasteiger partial charge in [-0.15, -0.1) is 0 Å². The Labute approximate surface area is 205 Å². The van der Waals surface area contributed by atoms with E-state index in [9.17, 15) is 9.59 Å². The number of carbonyl (C=O) groups excluding carboxylic acids is 2. The van der Waals surface area contributed by atoms with Crippen molar-refractivity contribution in [1.29, 1.82) is 0 Å². The van der Waals surface area contributed by atoms with E-state index in [2.05, 4.69) is 40.0 Å². The van der Waals surface area contributed by atoms with Gasteiger partial charge in [-0.1, -0.05) is 36.4 Å². The van der Waals surface area contributed by atoms with Crippen LogP contribution in [0.5, 0.6) is 5.75 Å². The molecular formula is C27H31N3O5. The quantitative estimate of drug-likeness (QED) is 0.490. The summed E-state index contributed by atoms with van der Waals surface area (Å²) in [6.07, 6.45) is 6.84. The fourth-order valence-corrected chi connectivity index (χ4v) is 4.70. The molecule has 8 heteroatoms. The zero-order chi connectivity index (χ0) is 24.1. The smallest absolute Gasteiger partial charge is 0.267 e. The van der Waals surface area contributed by atoms with Crippen LogP contribution in [0.2, 0.25) is 0 Å². The number of ether oxygens (including phenoxy) is 2. The number of hydroxylamine groups is 1. The van der Waals surface area contributed by atoms with Crippen LogP contribution >= 0.6 is 0 Å². The van der Waals surface area contributed by atoms with E-state index in [1.807, 2.05) is 12.1 Å². The monoisotopic (exact) mass is 477 g/mol. The van der Waals surface area contributed by atoms with Crippen molar-refractivity contribution in [2.45, 2.75) is 50.7 Å². The van der Waals surface area contributed by atoms with Crippen molar-refractivity contribution in [2.24, 2.45) is 0 Å². The molecule has 0 bridgehead atoms. The molecule has 2 fully saturated rings. The number of amides is 2. The number of hydrogen-bond donors (Lipinski definition) is 2. The predicted octanol–water partition coefficient (Wildman–Crippen LogP) is 3.39. The Kier molecular flexibility index (Phi) is 7.13. The van der Waals surface area contributed by atoms with Crippen molar-refractivity contribution in [3.8, 4) is 5.75 Å². The third-order valence-electron chi connectivity index (χ3n) is 6.66. The molecule has 184 valence electrons. The molecule has 1 unspecified atom stereocenters. The second kappa shape index (κ2) is 10.6. The number of nitrogens with one attached hydrogen (secondary N) is 2. The lowest BCUT2D eigenvalue weighted by molar-refractivity contribution is -0.198. The van der Waals surface area contributed by atoms with Crippen LogP contribution in [0.15, 0.2) is 54.6 Å². The molecule has 3 heterocycles. The second-order valence-corrected chi connectivity index (χ2v) is 9.28. The van der Waals surface area contributed by atoms with Crippen molar-refractivity contribution < 1.29 is 23.9 Å². The first-order valence-electron chi connectivity index (χ1n) is 12.3. The van der Waals surface area contributed by atoms with Crippen LogP contribution in [-0.2, 0) is 20.9 Å². The summed E-state index contributed by atoms with van der Waals surface area (Å²) in [5.41, 5.74) is 4.19. The van der Waals surface area contributed by atoms with Gasteiger partial charge >= 0.3 is 0 Å². The average Bonchev–Trinajstić information content (AvgIpc) is 2.89. The Morgan fingerprint density at radius 1 is 1.17 bits per heavy atom. The maximum Gasteiger partial charge on any atom is 0.267 e. The Balaban J connectivity index is 1.16. The number of likely N-dealkylation sites (tertiary alicyclic amines) is 1. The van der Waals surface area contributed by atoms with E-state index in [0.29, 0.717) is 17.9 Å². The summed E-state index contributed by atoms with van der Waals surface area (Å²) >= 11 is 0. The number of rotatable bonds is 6. The molecule has 2 N–H and O–H groups in total. The van der Waals surface area contributed by atoms with Crippen LogP contribution in [-0.4, -0.2) is 48.4 Å². The zero-order valence-electron chi connectivity index (χ0n) is 19.7. The Bertz CT molecular complexity index is 1070. The largest absolute Gasteiger partial charge is 0.467 e. The highest BCUT2D eigenvalue weighted by atomic mass is 16.8. The van der Waals surface area contributed by atoms with E-state index in [4.69, 9.17) is 14.3 Å². The van der Waals surface area contributed by atoms with Gasteiger partial charge in [0.05, 0.1) is 5.56 Å². The van der Waals surface area contributed by atoms with E-state index in [-0.39, 0.29) is 11.8 Å². The summed E-state index contributed by atoms with van der Waals surface area (Å²) in [4.78, 5) is 32.7. The molecule has 0 saturated carbocycles. The van der Waals surface area contributed by atoms with Gasteiger partial charge in [-0.3, -0.25) is 14.5 Å². The molecule has 2 amide bonds. The normalized spacial score (nSPS) is 21.8. The van der Waals surface area contributed by atoms with E-state index in [1.54, 1.807) is 18.2 Å². The molecule has 2 aromatic rings. The maximum atomic E-state index is 13.0. The van der Waals surface area contributed by atoms with Gasteiger partial charge in [-0.25, -0.2) is 10.3 Å². The van der Waals surface area contributed by atoms with Gasteiger partial charge in [0.25, 0.3) is 11.8 Å².